The number of H-pyrrole nitrogens is 1. The number of benzene rings is 1. The summed E-state index contributed by atoms with van der Waals surface area (Å²) in [7, 11) is 3.31. The minimum atomic E-state index is -0.158. The third-order valence-corrected chi connectivity index (χ3v) is 4.11. The molecule has 0 atom stereocenters. The van der Waals surface area contributed by atoms with Crippen LogP contribution in [0.1, 0.15) is 10.4 Å². The summed E-state index contributed by atoms with van der Waals surface area (Å²) in [5.74, 6) is 0.602. The summed E-state index contributed by atoms with van der Waals surface area (Å²) in [5, 5.41) is 9.37. The molecule has 2 aromatic heterocycles. The Bertz CT molecular complexity index is 765. The predicted octanol–water partition coefficient (Wildman–Crippen LogP) is 2.82. The van der Waals surface area contributed by atoms with E-state index in [1.54, 1.807) is 20.4 Å². The molecule has 3 aromatic rings. The Morgan fingerprint density at radius 2 is 2.09 bits per heavy atom. The maximum Gasteiger partial charge on any atom is 0.263 e. The van der Waals surface area contributed by atoms with Crippen LogP contribution >= 0.6 is 11.3 Å². The first-order valence-corrected chi connectivity index (χ1v) is 7.44. The number of carbonyl (C=O) groups is 1. The zero-order valence-electron chi connectivity index (χ0n) is 12.1. The van der Waals surface area contributed by atoms with Crippen molar-refractivity contribution in [2.75, 3.05) is 19.1 Å². The SMILES string of the molecule is COc1ccc(-c2[nH]ncc2C(=O)N(C)c2nccs2)cc1. The van der Waals surface area contributed by atoms with Crippen molar-refractivity contribution in [1.29, 1.82) is 0 Å². The molecule has 0 saturated carbocycles. The Balaban J connectivity index is 1.92. The highest BCUT2D eigenvalue weighted by Crippen LogP contribution is 2.26. The number of aromatic amines is 1. The molecule has 22 heavy (non-hydrogen) atoms. The van der Waals surface area contributed by atoms with Gasteiger partial charge in [-0.25, -0.2) is 4.98 Å². The Morgan fingerprint density at radius 1 is 1.32 bits per heavy atom. The lowest BCUT2D eigenvalue weighted by molar-refractivity contribution is 0.0993. The van der Waals surface area contributed by atoms with Gasteiger partial charge < -0.3 is 4.74 Å². The van der Waals surface area contributed by atoms with Gasteiger partial charge in [0.25, 0.3) is 5.91 Å². The van der Waals surface area contributed by atoms with Crippen LogP contribution < -0.4 is 9.64 Å². The average molecular weight is 314 g/mol. The summed E-state index contributed by atoms with van der Waals surface area (Å²) in [6.45, 7) is 0. The van der Waals surface area contributed by atoms with Gasteiger partial charge in [-0.3, -0.25) is 14.8 Å². The Morgan fingerprint density at radius 3 is 2.73 bits per heavy atom. The third-order valence-electron chi connectivity index (χ3n) is 3.26. The topological polar surface area (TPSA) is 71.1 Å². The number of rotatable bonds is 4. The van der Waals surface area contributed by atoms with E-state index in [1.807, 2.05) is 29.6 Å². The fourth-order valence-corrected chi connectivity index (χ4v) is 2.68. The molecule has 0 bridgehead atoms. The van der Waals surface area contributed by atoms with E-state index >= 15 is 0 Å². The maximum absolute atomic E-state index is 12.6. The average Bonchev–Trinajstić information content (AvgIpc) is 3.24. The molecule has 1 N–H and O–H groups in total. The second kappa shape index (κ2) is 5.98. The van der Waals surface area contributed by atoms with Gasteiger partial charge in [-0.2, -0.15) is 5.10 Å². The summed E-state index contributed by atoms with van der Waals surface area (Å²) in [6, 6.07) is 7.45. The normalized spacial score (nSPS) is 10.5. The number of ether oxygens (including phenoxy) is 1. The van der Waals surface area contributed by atoms with E-state index in [0.717, 1.165) is 11.3 Å². The summed E-state index contributed by atoms with van der Waals surface area (Å²) in [6.07, 6.45) is 3.20. The third kappa shape index (κ3) is 2.58. The highest BCUT2D eigenvalue weighted by molar-refractivity contribution is 7.13. The van der Waals surface area contributed by atoms with E-state index in [1.165, 1.54) is 22.4 Å². The Hall–Kier alpha value is -2.67. The van der Waals surface area contributed by atoms with Crippen molar-refractivity contribution in [3.8, 4) is 17.0 Å². The summed E-state index contributed by atoms with van der Waals surface area (Å²) < 4.78 is 5.14. The maximum atomic E-state index is 12.6. The number of methoxy groups -OCH3 is 1. The number of thiazole rings is 1. The fourth-order valence-electron chi connectivity index (χ4n) is 2.08. The molecule has 1 amide bonds. The molecule has 1 aromatic carbocycles. The minimum absolute atomic E-state index is 0.158. The van der Waals surface area contributed by atoms with Crippen molar-refractivity contribution in [3.05, 3.63) is 47.6 Å². The van der Waals surface area contributed by atoms with Gasteiger partial charge in [0.2, 0.25) is 0 Å². The van der Waals surface area contributed by atoms with Crippen LogP contribution in [0.4, 0.5) is 5.13 Å². The number of nitrogens with one attached hydrogen (secondary N) is 1. The van der Waals surface area contributed by atoms with Crippen LogP contribution in [0.25, 0.3) is 11.3 Å². The monoisotopic (exact) mass is 314 g/mol. The van der Waals surface area contributed by atoms with Crippen molar-refractivity contribution in [1.82, 2.24) is 15.2 Å². The molecule has 6 nitrogen and oxygen atoms in total. The Labute approximate surface area is 131 Å². The molecule has 0 fully saturated rings. The first kappa shape index (κ1) is 14.3. The molecule has 3 rings (SSSR count). The molecular weight excluding hydrogens is 300 g/mol. The number of hydrogen-bond acceptors (Lipinski definition) is 5. The smallest absolute Gasteiger partial charge is 0.263 e. The van der Waals surface area contributed by atoms with Crippen LogP contribution in [-0.2, 0) is 0 Å². The van der Waals surface area contributed by atoms with Crippen molar-refractivity contribution < 1.29 is 9.53 Å². The second-order valence-corrected chi connectivity index (χ2v) is 5.44. The second-order valence-electron chi connectivity index (χ2n) is 4.57. The molecule has 0 aliphatic rings. The lowest BCUT2D eigenvalue weighted by atomic mass is 10.1. The highest BCUT2D eigenvalue weighted by atomic mass is 32.1. The first-order valence-electron chi connectivity index (χ1n) is 6.56. The fraction of sp³-hybridized carbons (Fsp3) is 0.133. The number of amides is 1. The largest absolute Gasteiger partial charge is 0.497 e. The van der Waals surface area contributed by atoms with Gasteiger partial charge in [0, 0.05) is 24.2 Å². The van der Waals surface area contributed by atoms with Gasteiger partial charge in [-0.1, -0.05) is 0 Å². The van der Waals surface area contributed by atoms with E-state index in [2.05, 4.69) is 15.2 Å². The summed E-state index contributed by atoms with van der Waals surface area (Å²) in [5.41, 5.74) is 2.05. The van der Waals surface area contributed by atoms with Gasteiger partial charge in [0.1, 0.15) is 5.75 Å². The number of anilines is 1. The van der Waals surface area contributed by atoms with Crippen molar-refractivity contribution in [3.63, 3.8) is 0 Å². The lowest BCUT2D eigenvalue weighted by Crippen LogP contribution is -2.26. The summed E-state index contributed by atoms with van der Waals surface area (Å²) >= 11 is 1.41. The molecule has 7 heteroatoms. The number of aromatic nitrogens is 3. The van der Waals surface area contributed by atoms with Gasteiger partial charge >= 0.3 is 0 Å². The molecule has 0 unspecified atom stereocenters. The van der Waals surface area contributed by atoms with Crippen LogP contribution in [-0.4, -0.2) is 35.2 Å². The summed E-state index contributed by atoms with van der Waals surface area (Å²) in [4.78, 5) is 18.3. The molecular formula is C15H14N4O2S. The lowest BCUT2D eigenvalue weighted by Gasteiger charge is -2.13. The predicted molar refractivity (Wildman–Crippen MR) is 85.4 cm³/mol. The van der Waals surface area contributed by atoms with E-state index in [4.69, 9.17) is 4.74 Å². The highest BCUT2D eigenvalue weighted by Gasteiger charge is 2.21. The van der Waals surface area contributed by atoms with Gasteiger partial charge in [-0.05, 0) is 24.3 Å². The quantitative estimate of drug-likeness (QED) is 0.804. The number of carbonyl (C=O) groups excluding carboxylic acids is 1. The van der Waals surface area contributed by atoms with Crippen molar-refractivity contribution in [2.24, 2.45) is 0 Å². The van der Waals surface area contributed by atoms with Crippen LogP contribution in [0.15, 0.2) is 42.0 Å². The van der Waals surface area contributed by atoms with E-state index in [9.17, 15) is 4.79 Å². The standard InChI is InChI=1S/C15H14N4O2S/c1-19(15-16-7-8-22-15)14(20)12-9-17-18-13(12)10-3-5-11(21-2)6-4-10/h3-9H,1-2H3,(H,17,18). The molecule has 0 saturated heterocycles. The van der Waals surface area contributed by atoms with Crippen LogP contribution in [0.5, 0.6) is 5.75 Å². The minimum Gasteiger partial charge on any atom is -0.497 e. The molecule has 112 valence electrons. The molecule has 0 aliphatic carbocycles. The zero-order valence-corrected chi connectivity index (χ0v) is 12.9. The molecule has 0 aliphatic heterocycles. The number of nitrogens with zero attached hydrogens (tertiary/aromatic N) is 3. The molecule has 0 spiro atoms. The van der Waals surface area contributed by atoms with E-state index in [0.29, 0.717) is 16.4 Å². The van der Waals surface area contributed by atoms with Crippen molar-refractivity contribution >= 4 is 22.4 Å². The van der Waals surface area contributed by atoms with Gasteiger partial charge in [0.15, 0.2) is 5.13 Å². The van der Waals surface area contributed by atoms with Crippen LogP contribution in [0.3, 0.4) is 0 Å². The van der Waals surface area contributed by atoms with E-state index < -0.39 is 0 Å². The molecule has 0 radical (unpaired) electrons. The van der Waals surface area contributed by atoms with Crippen LogP contribution in [0, 0.1) is 0 Å². The van der Waals surface area contributed by atoms with Gasteiger partial charge in [0.05, 0.1) is 24.6 Å². The van der Waals surface area contributed by atoms with Crippen LogP contribution in [0.2, 0.25) is 0 Å². The first-order chi connectivity index (χ1) is 10.7. The van der Waals surface area contributed by atoms with Gasteiger partial charge in [-0.15, -0.1) is 11.3 Å². The van der Waals surface area contributed by atoms with Crippen molar-refractivity contribution in [2.45, 2.75) is 0 Å². The Kier molecular flexibility index (Phi) is 3.88. The zero-order chi connectivity index (χ0) is 15.5. The van der Waals surface area contributed by atoms with E-state index in [-0.39, 0.29) is 5.91 Å². The molecule has 2 heterocycles. The number of hydrogen-bond donors (Lipinski definition) is 1.